The molecule has 1 aliphatic heterocycles. The molecule has 3 rings (SSSR count). The van der Waals surface area contributed by atoms with Crippen molar-refractivity contribution in [3.63, 3.8) is 0 Å². The average molecular weight is 374 g/mol. The number of amidine groups is 2. The highest BCUT2D eigenvalue weighted by molar-refractivity contribution is 7.99. The fourth-order valence-corrected chi connectivity index (χ4v) is 3.68. The van der Waals surface area contributed by atoms with E-state index in [0.29, 0.717) is 22.8 Å². The van der Waals surface area contributed by atoms with E-state index >= 15 is 4.39 Å². The maximum atomic E-state index is 15.4. The van der Waals surface area contributed by atoms with Crippen LogP contribution in [0.25, 0.3) is 0 Å². The summed E-state index contributed by atoms with van der Waals surface area (Å²) in [5, 5.41) is 8.03. The second-order valence-corrected chi connectivity index (χ2v) is 6.46. The Balaban J connectivity index is 2.27. The lowest BCUT2D eigenvalue weighted by atomic mass is 10.0. The first-order valence-electron chi connectivity index (χ1n) is 8.10. The molecule has 2 aromatic carbocycles. The minimum Gasteiger partial charge on any atom is -0.492 e. The van der Waals surface area contributed by atoms with Crippen LogP contribution in [0.15, 0.2) is 39.0 Å². The third kappa shape index (κ3) is 2.96. The van der Waals surface area contributed by atoms with Crippen LogP contribution in [0.3, 0.4) is 0 Å². The number of halogens is 1. The van der Waals surface area contributed by atoms with Crippen molar-refractivity contribution in [3.05, 3.63) is 41.2 Å². The predicted molar refractivity (Wildman–Crippen MR) is 101 cm³/mol. The first kappa shape index (κ1) is 18.1. The largest absolute Gasteiger partial charge is 0.492 e. The molecule has 0 radical (unpaired) electrons. The number of nitrogens with one attached hydrogen (secondary N) is 1. The fourth-order valence-electron chi connectivity index (χ4n) is 2.69. The molecule has 0 spiro atoms. The quantitative estimate of drug-likeness (QED) is 0.672. The molecule has 136 valence electrons. The molecule has 0 unspecified atom stereocenters. The van der Waals surface area contributed by atoms with Crippen LogP contribution in [0, 0.1) is 11.2 Å². The summed E-state index contributed by atoms with van der Waals surface area (Å²) < 4.78 is 26.6. The molecule has 0 aromatic heterocycles. The molecule has 6 nitrogen and oxygen atoms in total. The molecular formula is C18H19FN4O2S. The number of rotatable bonds is 6. The molecule has 8 heteroatoms. The maximum Gasteiger partial charge on any atom is 0.183 e. The summed E-state index contributed by atoms with van der Waals surface area (Å²) in [4.78, 5) is 4.85. The second-order valence-electron chi connectivity index (χ2n) is 5.40. The van der Waals surface area contributed by atoms with E-state index in [4.69, 9.17) is 26.4 Å². The van der Waals surface area contributed by atoms with Crippen LogP contribution in [0.1, 0.15) is 25.0 Å². The molecule has 0 fully saturated rings. The molecular weight excluding hydrogens is 355 g/mol. The van der Waals surface area contributed by atoms with E-state index in [1.807, 2.05) is 6.07 Å². The van der Waals surface area contributed by atoms with Crippen molar-refractivity contribution < 1.29 is 13.9 Å². The number of nitrogens with two attached hydrogens (primary N) is 2. The van der Waals surface area contributed by atoms with Crippen molar-refractivity contribution >= 4 is 29.1 Å². The van der Waals surface area contributed by atoms with Gasteiger partial charge in [-0.05, 0) is 26.0 Å². The van der Waals surface area contributed by atoms with Crippen LogP contribution in [-0.4, -0.2) is 24.9 Å². The van der Waals surface area contributed by atoms with Crippen LogP contribution in [-0.2, 0) is 0 Å². The van der Waals surface area contributed by atoms with Crippen molar-refractivity contribution in [1.82, 2.24) is 0 Å². The number of anilines is 1. The van der Waals surface area contributed by atoms with Crippen molar-refractivity contribution in [3.8, 4) is 11.5 Å². The number of fused-ring (bicyclic) bond motifs is 1. The van der Waals surface area contributed by atoms with E-state index in [-0.39, 0.29) is 40.2 Å². The molecule has 0 bridgehead atoms. The van der Waals surface area contributed by atoms with Gasteiger partial charge in [0.25, 0.3) is 0 Å². The first-order chi connectivity index (χ1) is 12.5. The Bertz CT molecular complexity index is 915. The van der Waals surface area contributed by atoms with E-state index in [2.05, 4.69) is 4.99 Å². The van der Waals surface area contributed by atoms with Gasteiger partial charge < -0.3 is 20.9 Å². The monoisotopic (exact) mass is 374 g/mol. The van der Waals surface area contributed by atoms with Gasteiger partial charge in [0.05, 0.1) is 29.2 Å². The molecule has 0 atom stereocenters. The van der Waals surface area contributed by atoms with Crippen molar-refractivity contribution in [1.29, 1.82) is 5.41 Å². The summed E-state index contributed by atoms with van der Waals surface area (Å²) in [5.41, 5.74) is 13.1. The molecule has 1 heterocycles. The van der Waals surface area contributed by atoms with Gasteiger partial charge >= 0.3 is 0 Å². The lowest BCUT2D eigenvalue weighted by Crippen LogP contribution is -2.15. The standard InChI is InChI=1S/C18H19FN4O2S/c1-3-24-14-11-12(18(22)23-17(11)21)15(25-4-2)16(13(14)19)26-10-8-6-5-7-9(10)20/h5-8H,3-4,20H2,1-2H3,(H3,21,22,23). The minimum absolute atomic E-state index is 0.0443. The highest BCUT2D eigenvalue weighted by Crippen LogP contribution is 2.48. The Morgan fingerprint density at radius 1 is 1.08 bits per heavy atom. The van der Waals surface area contributed by atoms with Crippen LogP contribution in [0.4, 0.5) is 10.1 Å². The van der Waals surface area contributed by atoms with Gasteiger partial charge in [0.2, 0.25) is 0 Å². The van der Waals surface area contributed by atoms with Crippen LogP contribution >= 0.6 is 11.8 Å². The Kier molecular flexibility index (Phi) is 5.03. The highest BCUT2D eigenvalue weighted by Gasteiger charge is 2.34. The minimum atomic E-state index is -0.614. The van der Waals surface area contributed by atoms with Gasteiger partial charge in [-0.1, -0.05) is 23.9 Å². The van der Waals surface area contributed by atoms with Gasteiger partial charge in [-0.15, -0.1) is 0 Å². The lowest BCUT2D eigenvalue weighted by molar-refractivity contribution is 0.303. The van der Waals surface area contributed by atoms with Gasteiger partial charge in [-0.3, -0.25) is 5.41 Å². The number of benzene rings is 2. The Morgan fingerprint density at radius 3 is 2.38 bits per heavy atom. The zero-order chi connectivity index (χ0) is 18.8. The summed E-state index contributed by atoms with van der Waals surface area (Å²) in [6, 6.07) is 7.16. The summed E-state index contributed by atoms with van der Waals surface area (Å²) in [6.45, 7) is 4.08. The van der Waals surface area contributed by atoms with E-state index < -0.39 is 5.82 Å². The van der Waals surface area contributed by atoms with Gasteiger partial charge in [0, 0.05) is 10.6 Å². The van der Waals surface area contributed by atoms with Crippen molar-refractivity contribution in [2.24, 2.45) is 10.7 Å². The third-order valence-corrected chi connectivity index (χ3v) is 4.90. The molecule has 2 aromatic rings. The molecule has 26 heavy (non-hydrogen) atoms. The van der Waals surface area contributed by atoms with E-state index in [1.54, 1.807) is 32.0 Å². The first-order valence-corrected chi connectivity index (χ1v) is 8.92. The summed E-state index contributed by atoms with van der Waals surface area (Å²) >= 11 is 1.13. The molecule has 0 aliphatic carbocycles. The second kappa shape index (κ2) is 7.25. The topological polar surface area (TPSA) is 107 Å². The number of nitrogens with zero attached hydrogens (tertiary/aromatic N) is 1. The van der Waals surface area contributed by atoms with Gasteiger partial charge in [0.15, 0.2) is 17.4 Å². The van der Waals surface area contributed by atoms with E-state index in [1.165, 1.54) is 0 Å². The molecule has 0 saturated carbocycles. The zero-order valence-electron chi connectivity index (χ0n) is 14.4. The maximum absolute atomic E-state index is 15.4. The molecule has 0 amide bonds. The van der Waals surface area contributed by atoms with Crippen molar-refractivity contribution in [2.45, 2.75) is 23.6 Å². The smallest absolute Gasteiger partial charge is 0.183 e. The Morgan fingerprint density at radius 2 is 1.73 bits per heavy atom. The summed E-state index contributed by atoms with van der Waals surface area (Å²) in [5.74, 6) is -0.442. The number of hydrogen-bond acceptors (Lipinski definition) is 6. The molecule has 0 saturated heterocycles. The normalized spacial score (nSPS) is 12.7. The third-order valence-electron chi connectivity index (χ3n) is 3.74. The predicted octanol–water partition coefficient (Wildman–Crippen LogP) is 3.40. The van der Waals surface area contributed by atoms with Gasteiger partial charge in [-0.25, -0.2) is 9.38 Å². The van der Waals surface area contributed by atoms with Crippen LogP contribution in [0.5, 0.6) is 11.5 Å². The molecule has 5 N–H and O–H groups in total. The highest BCUT2D eigenvalue weighted by atomic mass is 32.2. The van der Waals surface area contributed by atoms with Gasteiger partial charge in [0.1, 0.15) is 11.6 Å². The van der Waals surface area contributed by atoms with E-state index in [9.17, 15) is 0 Å². The number of aliphatic imine (C=N–C) groups is 1. The number of ether oxygens (including phenoxy) is 2. The number of para-hydroxylation sites is 1. The number of hydrogen-bond donors (Lipinski definition) is 3. The summed E-state index contributed by atoms with van der Waals surface area (Å²) in [6.07, 6.45) is 0. The Labute approximate surface area is 154 Å². The fraction of sp³-hybridized carbons (Fsp3) is 0.222. The average Bonchev–Trinajstić information content (AvgIpc) is 2.90. The van der Waals surface area contributed by atoms with E-state index in [0.717, 1.165) is 11.8 Å². The summed E-state index contributed by atoms with van der Waals surface area (Å²) in [7, 11) is 0. The van der Waals surface area contributed by atoms with Gasteiger partial charge in [-0.2, -0.15) is 0 Å². The molecule has 1 aliphatic rings. The SMILES string of the molecule is CCOc1c(F)c(Sc2ccccc2N)c(OCC)c2c1C(=N)N=C2N. The Hall–Kier alpha value is -2.74. The van der Waals surface area contributed by atoms with Crippen LogP contribution in [0.2, 0.25) is 0 Å². The van der Waals surface area contributed by atoms with Crippen LogP contribution < -0.4 is 20.9 Å². The number of nitrogen functional groups attached to an aromatic ring is 1. The van der Waals surface area contributed by atoms with Crippen molar-refractivity contribution in [2.75, 3.05) is 18.9 Å². The zero-order valence-corrected chi connectivity index (χ0v) is 15.2. The lowest BCUT2D eigenvalue weighted by Gasteiger charge is -2.19.